The van der Waals surface area contributed by atoms with Gasteiger partial charge in [-0.05, 0) is 18.6 Å². The molecular weight excluding hydrogens is 226 g/mol. The minimum absolute atomic E-state index is 0.206. The fraction of sp³-hybridized carbons (Fsp3) is 0.333. The van der Waals surface area contributed by atoms with Crippen LogP contribution in [0.5, 0.6) is 0 Å². The van der Waals surface area contributed by atoms with Crippen molar-refractivity contribution in [1.29, 1.82) is 0 Å². The summed E-state index contributed by atoms with van der Waals surface area (Å²) in [5, 5.41) is 3.88. The molecule has 0 fully saturated rings. The van der Waals surface area contributed by atoms with Gasteiger partial charge in [-0.25, -0.2) is 4.79 Å². The summed E-state index contributed by atoms with van der Waals surface area (Å²) in [6, 6.07) is 7.99. The van der Waals surface area contributed by atoms with Crippen molar-refractivity contribution in [3.63, 3.8) is 0 Å². The molecular formula is C15H17NO2. The van der Waals surface area contributed by atoms with Crippen LogP contribution < -0.4 is 0 Å². The molecule has 0 aromatic heterocycles. The zero-order valence-electron chi connectivity index (χ0n) is 11.2. The highest BCUT2D eigenvalue weighted by atomic mass is 16.7. The van der Waals surface area contributed by atoms with Gasteiger partial charge < -0.3 is 4.84 Å². The molecule has 0 amide bonds. The Morgan fingerprint density at radius 3 is 2.33 bits per heavy atom. The molecule has 2 rings (SSSR count). The van der Waals surface area contributed by atoms with Crippen molar-refractivity contribution in [3.05, 3.63) is 41.0 Å². The topological polar surface area (TPSA) is 38.7 Å². The van der Waals surface area contributed by atoms with Gasteiger partial charge in [0.1, 0.15) is 5.71 Å². The second kappa shape index (κ2) is 4.41. The molecule has 0 spiro atoms. The summed E-state index contributed by atoms with van der Waals surface area (Å²) in [7, 11) is 0. The van der Waals surface area contributed by atoms with Gasteiger partial charge in [0.05, 0.1) is 5.57 Å². The van der Waals surface area contributed by atoms with Crippen molar-refractivity contribution in [1.82, 2.24) is 0 Å². The van der Waals surface area contributed by atoms with E-state index in [1.807, 2.05) is 58.0 Å². The van der Waals surface area contributed by atoms with Crippen LogP contribution in [0.25, 0.3) is 6.08 Å². The number of hydrogen-bond acceptors (Lipinski definition) is 3. The van der Waals surface area contributed by atoms with Crippen LogP contribution in [0.15, 0.2) is 35.0 Å². The summed E-state index contributed by atoms with van der Waals surface area (Å²) >= 11 is 0. The van der Waals surface area contributed by atoms with Gasteiger partial charge in [0.15, 0.2) is 0 Å². The molecule has 1 heterocycles. The largest absolute Gasteiger partial charge is 0.367 e. The van der Waals surface area contributed by atoms with Crippen LogP contribution in [0.2, 0.25) is 0 Å². The second-order valence-corrected chi connectivity index (χ2v) is 5.54. The number of rotatable bonds is 1. The lowest BCUT2D eigenvalue weighted by Gasteiger charge is -2.16. The van der Waals surface area contributed by atoms with Crippen LogP contribution in [0.3, 0.4) is 0 Å². The first-order valence-electron chi connectivity index (χ1n) is 5.96. The molecule has 0 saturated heterocycles. The van der Waals surface area contributed by atoms with Crippen molar-refractivity contribution < 1.29 is 9.63 Å². The van der Waals surface area contributed by atoms with E-state index >= 15 is 0 Å². The third-order valence-electron chi connectivity index (χ3n) is 2.79. The van der Waals surface area contributed by atoms with Gasteiger partial charge in [0.25, 0.3) is 0 Å². The first kappa shape index (κ1) is 12.6. The fourth-order valence-electron chi connectivity index (χ4n) is 1.78. The van der Waals surface area contributed by atoms with Gasteiger partial charge in [-0.2, -0.15) is 0 Å². The van der Waals surface area contributed by atoms with Crippen LogP contribution in [0.1, 0.15) is 31.9 Å². The maximum Gasteiger partial charge on any atom is 0.367 e. The minimum Gasteiger partial charge on any atom is -0.312 e. The number of oxime groups is 1. The molecule has 0 aliphatic carbocycles. The molecule has 1 aromatic carbocycles. The summed E-state index contributed by atoms with van der Waals surface area (Å²) in [6.45, 7) is 8.06. The van der Waals surface area contributed by atoms with Gasteiger partial charge in [-0.15, -0.1) is 0 Å². The van der Waals surface area contributed by atoms with E-state index in [4.69, 9.17) is 4.84 Å². The minimum atomic E-state index is -0.375. The highest BCUT2D eigenvalue weighted by Gasteiger charge is 2.33. The average molecular weight is 243 g/mol. The molecule has 3 nitrogen and oxygen atoms in total. The molecule has 1 aliphatic heterocycles. The lowest BCUT2D eigenvalue weighted by molar-refractivity contribution is -0.136. The van der Waals surface area contributed by atoms with Crippen LogP contribution >= 0.6 is 0 Å². The quantitative estimate of drug-likeness (QED) is 0.560. The lowest BCUT2D eigenvalue weighted by Crippen LogP contribution is -2.21. The summed E-state index contributed by atoms with van der Waals surface area (Å²) in [6.07, 6.45) is 1.83. The molecule has 0 N–H and O–H groups in total. The van der Waals surface area contributed by atoms with E-state index in [-0.39, 0.29) is 11.4 Å². The first-order valence-corrected chi connectivity index (χ1v) is 5.96. The highest BCUT2D eigenvalue weighted by molar-refractivity contribution is 6.26. The van der Waals surface area contributed by atoms with Crippen molar-refractivity contribution >= 4 is 17.8 Å². The number of aryl methyl sites for hydroxylation is 1. The Kier molecular flexibility index (Phi) is 3.07. The maximum atomic E-state index is 11.7. The monoisotopic (exact) mass is 243 g/mol. The molecule has 0 saturated carbocycles. The molecule has 94 valence electrons. The Labute approximate surface area is 107 Å². The van der Waals surface area contributed by atoms with Gasteiger partial charge >= 0.3 is 5.97 Å². The summed E-state index contributed by atoms with van der Waals surface area (Å²) in [5.74, 6) is -0.375. The Morgan fingerprint density at radius 1 is 1.17 bits per heavy atom. The zero-order valence-corrected chi connectivity index (χ0v) is 11.2. The molecule has 0 bridgehead atoms. The third-order valence-corrected chi connectivity index (χ3v) is 2.79. The van der Waals surface area contributed by atoms with Gasteiger partial charge in [-0.1, -0.05) is 55.8 Å². The fourth-order valence-corrected chi connectivity index (χ4v) is 1.78. The summed E-state index contributed by atoms with van der Waals surface area (Å²) < 4.78 is 0. The number of carbonyl (C=O) groups is 1. The predicted octanol–water partition coefficient (Wildman–Crippen LogP) is 3.34. The van der Waals surface area contributed by atoms with E-state index in [2.05, 4.69) is 5.16 Å². The normalized spacial score (nSPS) is 17.9. The summed E-state index contributed by atoms with van der Waals surface area (Å²) in [5.41, 5.74) is 3.21. The molecule has 3 heteroatoms. The number of nitrogens with zero attached hydrogens (tertiary/aromatic N) is 1. The number of carbonyl (C=O) groups excluding carboxylic acids is 1. The third kappa shape index (κ3) is 2.50. The van der Waals surface area contributed by atoms with Crippen LogP contribution in [-0.2, 0) is 9.63 Å². The van der Waals surface area contributed by atoms with Crippen LogP contribution in [-0.4, -0.2) is 11.7 Å². The Balaban J connectivity index is 2.39. The van der Waals surface area contributed by atoms with E-state index in [1.165, 1.54) is 5.56 Å². The van der Waals surface area contributed by atoms with Gasteiger partial charge in [0.2, 0.25) is 0 Å². The van der Waals surface area contributed by atoms with E-state index in [1.54, 1.807) is 0 Å². The summed E-state index contributed by atoms with van der Waals surface area (Å²) in [4.78, 5) is 16.5. The molecule has 0 radical (unpaired) electrons. The number of hydrogen-bond donors (Lipinski definition) is 0. The molecule has 1 aromatic rings. The first-order chi connectivity index (χ1) is 8.38. The maximum absolute atomic E-state index is 11.7. The lowest BCUT2D eigenvalue weighted by atomic mass is 9.85. The van der Waals surface area contributed by atoms with E-state index in [0.29, 0.717) is 11.3 Å². The standard InChI is InChI=1S/C15H17NO2/c1-10-5-7-11(8-6-10)9-12-13(15(2,3)4)16-18-14(12)17/h5-9H,1-4H3. The Bertz CT molecular complexity index is 531. The molecule has 0 atom stereocenters. The molecule has 18 heavy (non-hydrogen) atoms. The highest BCUT2D eigenvalue weighted by Crippen LogP contribution is 2.28. The molecule has 0 unspecified atom stereocenters. The van der Waals surface area contributed by atoms with Gasteiger partial charge in [0, 0.05) is 5.41 Å². The van der Waals surface area contributed by atoms with Crippen molar-refractivity contribution in [2.24, 2.45) is 10.6 Å². The van der Waals surface area contributed by atoms with Crippen molar-refractivity contribution in [2.75, 3.05) is 0 Å². The van der Waals surface area contributed by atoms with Crippen molar-refractivity contribution in [2.45, 2.75) is 27.7 Å². The van der Waals surface area contributed by atoms with E-state index in [9.17, 15) is 4.79 Å². The second-order valence-electron chi connectivity index (χ2n) is 5.54. The van der Waals surface area contributed by atoms with Gasteiger partial charge in [-0.3, -0.25) is 0 Å². The van der Waals surface area contributed by atoms with Crippen molar-refractivity contribution in [3.8, 4) is 0 Å². The van der Waals surface area contributed by atoms with E-state index in [0.717, 1.165) is 5.56 Å². The van der Waals surface area contributed by atoms with E-state index < -0.39 is 0 Å². The smallest absolute Gasteiger partial charge is 0.312 e. The number of benzene rings is 1. The van der Waals surface area contributed by atoms with Crippen LogP contribution in [0, 0.1) is 12.3 Å². The Hall–Kier alpha value is -1.90. The SMILES string of the molecule is Cc1ccc(C=C2C(=O)ON=C2C(C)(C)C)cc1. The average Bonchev–Trinajstić information content (AvgIpc) is 2.63. The predicted molar refractivity (Wildman–Crippen MR) is 72.1 cm³/mol. The molecule has 1 aliphatic rings. The Morgan fingerprint density at radius 2 is 1.78 bits per heavy atom. The van der Waals surface area contributed by atoms with Crippen LogP contribution in [0.4, 0.5) is 0 Å². The zero-order chi connectivity index (χ0) is 13.3.